The van der Waals surface area contributed by atoms with Crippen molar-refractivity contribution in [3.63, 3.8) is 0 Å². The number of carbonyl (C=O) groups is 4. The van der Waals surface area contributed by atoms with Gasteiger partial charge in [-0.05, 0) is 79.4 Å². The van der Waals surface area contributed by atoms with E-state index in [9.17, 15) is 19.2 Å². The number of piperidine rings is 2. The van der Waals surface area contributed by atoms with Crippen molar-refractivity contribution in [3.8, 4) is 17.2 Å². The first-order valence-electron chi connectivity index (χ1n) is 21.3. The van der Waals surface area contributed by atoms with Gasteiger partial charge in [-0.3, -0.25) is 24.1 Å². The molecule has 4 aromatic carbocycles. The standard InChI is InChI=1S/C48H46ClFN8O6/c1-63-42-12-7-31(23-41(42)58-18-15-33(59)25-43(58)60)48(62)57-21-19-55(20-22-57)28-30-13-16-56(17-14-30)40-11-8-32(24-39(40)50)54-47-44-37(27-51-46(44)52-29-53-47)45(61)36-10-9-35(26-38(36)49)64-34-5-3-2-4-6-34/h2-12,23-24,26-27,29-30H,13-22,25,28H2,1H3,(H2,51,52,53,54). The number of aromatic amines is 1. The fraction of sp³-hybridized carbons (Fsp3) is 0.292. The van der Waals surface area contributed by atoms with E-state index in [1.807, 2.05) is 35.2 Å². The van der Waals surface area contributed by atoms with Crippen LogP contribution in [0.15, 0.2) is 97.5 Å². The summed E-state index contributed by atoms with van der Waals surface area (Å²) in [5, 5.41) is 3.88. The van der Waals surface area contributed by atoms with Crippen molar-refractivity contribution >= 4 is 68.9 Å². The summed E-state index contributed by atoms with van der Waals surface area (Å²) in [5.74, 6) is 1.21. The summed E-state index contributed by atoms with van der Waals surface area (Å²) in [6.45, 7) is 5.24. The SMILES string of the molecule is COc1ccc(C(=O)N2CCN(CC3CCN(c4ccc(Nc5ncnc6[nH]cc(C(=O)c7ccc(Oc8ccccc8)cc7Cl)c56)cc4F)CC3)CC2)cc1N1CCC(=O)CC1=O. The molecule has 14 nitrogen and oxygen atoms in total. The molecule has 2 amide bonds. The number of benzene rings is 4. The number of ketones is 2. The Hall–Kier alpha value is -6.84. The highest BCUT2D eigenvalue weighted by molar-refractivity contribution is 6.36. The first-order valence-corrected chi connectivity index (χ1v) is 21.7. The Morgan fingerprint density at radius 3 is 2.39 bits per heavy atom. The number of methoxy groups -OCH3 is 1. The number of halogens is 2. The third-order valence-electron chi connectivity index (χ3n) is 12.2. The van der Waals surface area contributed by atoms with Gasteiger partial charge in [-0.2, -0.15) is 0 Å². The van der Waals surface area contributed by atoms with Gasteiger partial charge in [0.15, 0.2) is 5.78 Å². The molecule has 16 heteroatoms. The van der Waals surface area contributed by atoms with Gasteiger partial charge in [0, 0.05) is 87.9 Å². The number of nitrogens with one attached hydrogen (secondary N) is 2. The Morgan fingerprint density at radius 2 is 1.66 bits per heavy atom. The Balaban J connectivity index is 0.784. The molecule has 3 saturated heterocycles. The van der Waals surface area contributed by atoms with Gasteiger partial charge in [0.2, 0.25) is 5.91 Å². The van der Waals surface area contributed by atoms with Crippen molar-refractivity contribution in [1.82, 2.24) is 24.8 Å². The molecule has 3 aliphatic heterocycles. The van der Waals surface area contributed by atoms with Gasteiger partial charge in [0.05, 0.1) is 40.9 Å². The topological polar surface area (TPSA) is 153 Å². The van der Waals surface area contributed by atoms with Gasteiger partial charge in [0.1, 0.15) is 46.6 Å². The van der Waals surface area contributed by atoms with E-state index in [-0.39, 0.29) is 59.2 Å². The van der Waals surface area contributed by atoms with Gasteiger partial charge in [-0.15, -0.1) is 0 Å². The van der Waals surface area contributed by atoms with E-state index in [0.717, 1.165) is 32.5 Å². The second-order valence-corrected chi connectivity index (χ2v) is 16.7. The average Bonchev–Trinajstić information content (AvgIpc) is 3.75. The lowest BCUT2D eigenvalue weighted by Crippen LogP contribution is -2.50. The van der Waals surface area contributed by atoms with Crippen LogP contribution in [0, 0.1) is 11.7 Å². The van der Waals surface area contributed by atoms with E-state index in [4.69, 9.17) is 21.1 Å². The fourth-order valence-corrected chi connectivity index (χ4v) is 9.02. The van der Waals surface area contributed by atoms with E-state index in [2.05, 4.69) is 30.1 Å². The van der Waals surface area contributed by atoms with Gasteiger partial charge >= 0.3 is 0 Å². The number of anilines is 4. The summed E-state index contributed by atoms with van der Waals surface area (Å²) < 4.78 is 27.2. The number of carbonyl (C=O) groups excluding carboxylic acids is 4. The summed E-state index contributed by atoms with van der Waals surface area (Å²) in [4.78, 5) is 71.6. The smallest absolute Gasteiger partial charge is 0.254 e. The van der Waals surface area contributed by atoms with Crippen LogP contribution in [0.3, 0.4) is 0 Å². The van der Waals surface area contributed by atoms with E-state index in [1.165, 1.54) is 24.4 Å². The van der Waals surface area contributed by atoms with Gasteiger partial charge in [-0.25, -0.2) is 14.4 Å². The first kappa shape index (κ1) is 42.5. The highest BCUT2D eigenvalue weighted by atomic mass is 35.5. The third-order valence-corrected chi connectivity index (χ3v) is 12.5. The van der Waals surface area contributed by atoms with Crippen LogP contribution >= 0.6 is 11.6 Å². The van der Waals surface area contributed by atoms with Crippen LogP contribution in [0.5, 0.6) is 17.2 Å². The Morgan fingerprint density at radius 1 is 0.859 bits per heavy atom. The number of fused-ring (bicyclic) bond motifs is 1. The molecule has 9 rings (SSSR count). The minimum atomic E-state index is -0.369. The molecular weight excluding hydrogens is 839 g/mol. The van der Waals surface area contributed by atoms with Crippen LogP contribution < -0.4 is 24.6 Å². The normalized spacial score (nSPS) is 16.3. The number of Topliss-reactive ketones (excluding diaryl/α,β-unsaturated/α-hetero) is 1. The Kier molecular flexibility index (Phi) is 12.3. The van der Waals surface area contributed by atoms with Crippen LogP contribution in [-0.4, -0.2) is 108 Å². The zero-order valence-electron chi connectivity index (χ0n) is 35.2. The molecule has 3 aliphatic rings. The van der Waals surface area contributed by atoms with Crippen LogP contribution in [-0.2, 0) is 9.59 Å². The van der Waals surface area contributed by atoms with Gasteiger partial charge in [0.25, 0.3) is 5.91 Å². The molecule has 0 saturated carbocycles. The molecule has 0 bridgehead atoms. The van der Waals surface area contributed by atoms with Crippen molar-refractivity contribution in [3.05, 3.63) is 125 Å². The van der Waals surface area contributed by atoms with Crippen molar-refractivity contribution < 1.29 is 33.0 Å². The molecule has 0 aliphatic carbocycles. The van der Waals surface area contributed by atoms with E-state index < -0.39 is 0 Å². The maximum atomic E-state index is 15.8. The lowest BCUT2D eigenvalue weighted by atomic mass is 9.95. The summed E-state index contributed by atoms with van der Waals surface area (Å²) in [5.41, 5.74) is 3.00. The Bertz CT molecular complexity index is 2730. The fourth-order valence-electron chi connectivity index (χ4n) is 8.77. The van der Waals surface area contributed by atoms with Gasteiger partial charge in [-0.1, -0.05) is 29.8 Å². The number of amides is 2. The van der Waals surface area contributed by atoms with Crippen molar-refractivity contribution in [2.75, 3.05) is 74.6 Å². The van der Waals surface area contributed by atoms with E-state index in [0.29, 0.717) is 94.4 Å². The molecule has 64 heavy (non-hydrogen) atoms. The van der Waals surface area contributed by atoms with E-state index >= 15 is 4.39 Å². The van der Waals surface area contributed by atoms with Crippen molar-refractivity contribution in [2.24, 2.45) is 5.92 Å². The largest absolute Gasteiger partial charge is 0.495 e. The molecule has 5 heterocycles. The zero-order valence-corrected chi connectivity index (χ0v) is 35.9. The lowest BCUT2D eigenvalue weighted by Gasteiger charge is -2.39. The van der Waals surface area contributed by atoms with Crippen LogP contribution in [0.4, 0.5) is 27.3 Å². The number of H-pyrrole nitrogens is 1. The lowest BCUT2D eigenvalue weighted by molar-refractivity contribution is -0.128. The molecule has 0 unspecified atom stereocenters. The predicted octanol–water partition coefficient (Wildman–Crippen LogP) is 7.90. The van der Waals surface area contributed by atoms with Crippen LogP contribution in [0.25, 0.3) is 11.0 Å². The second-order valence-electron chi connectivity index (χ2n) is 16.2. The molecular formula is C48H46ClFN8O6. The maximum Gasteiger partial charge on any atom is 0.254 e. The highest BCUT2D eigenvalue weighted by Gasteiger charge is 2.31. The quantitative estimate of drug-likeness (QED) is 0.0912. The van der Waals surface area contributed by atoms with Crippen molar-refractivity contribution in [2.45, 2.75) is 25.7 Å². The number of aromatic nitrogens is 3. The average molecular weight is 885 g/mol. The number of ether oxygens (including phenoxy) is 2. The number of nitrogens with zero attached hydrogens (tertiary/aromatic N) is 6. The monoisotopic (exact) mass is 884 g/mol. The second kappa shape index (κ2) is 18.5. The summed E-state index contributed by atoms with van der Waals surface area (Å²) in [6, 6.07) is 24.3. The maximum absolute atomic E-state index is 15.8. The number of rotatable bonds is 12. The minimum Gasteiger partial charge on any atom is -0.495 e. The molecule has 328 valence electrons. The minimum absolute atomic E-state index is 0.0862. The summed E-state index contributed by atoms with van der Waals surface area (Å²) >= 11 is 6.61. The van der Waals surface area contributed by atoms with Gasteiger partial charge < -0.3 is 34.5 Å². The zero-order chi connectivity index (χ0) is 44.3. The first-order chi connectivity index (χ1) is 31.1. The molecule has 2 N–H and O–H groups in total. The van der Waals surface area contributed by atoms with Crippen molar-refractivity contribution in [1.29, 1.82) is 0 Å². The molecule has 0 atom stereocenters. The number of hydrogen-bond donors (Lipinski definition) is 2. The third kappa shape index (κ3) is 8.99. The molecule has 3 fully saturated rings. The van der Waals surface area contributed by atoms with E-state index in [1.54, 1.807) is 54.7 Å². The molecule has 6 aromatic rings. The van der Waals surface area contributed by atoms with Crippen LogP contribution in [0.1, 0.15) is 52.0 Å². The number of piperazine rings is 1. The number of hydrogen-bond acceptors (Lipinski definition) is 11. The summed E-state index contributed by atoms with van der Waals surface area (Å²) in [6.07, 6.45) is 4.88. The molecule has 2 aromatic heterocycles. The predicted molar refractivity (Wildman–Crippen MR) is 242 cm³/mol. The highest BCUT2D eigenvalue weighted by Crippen LogP contribution is 2.35. The molecule has 0 spiro atoms. The number of para-hydroxylation sites is 1. The summed E-state index contributed by atoms with van der Waals surface area (Å²) in [7, 11) is 1.52. The molecule has 0 radical (unpaired) electrons. The Labute approximate surface area is 373 Å². The van der Waals surface area contributed by atoms with Crippen LogP contribution in [0.2, 0.25) is 5.02 Å².